The number of aromatic amines is 1. The smallest absolute Gasteiger partial charge is 0.471 e. The SMILES string of the molecule is CC1(C)c2[nH]nc(C(=O)O)c2CN1C(=O)C(F)(F)F. The highest BCUT2D eigenvalue weighted by atomic mass is 19.4. The van der Waals surface area contributed by atoms with Crippen LogP contribution in [-0.2, 0) is 16.9 Å². The van der Waals surface area contributed by atoms with Crippen LogP contribution < -0.4 is 0 Å². The molecule has 2 heterocycles. The number of carboxylic acid groups (broad SMARTS) is 1. The minimum atomic E-state index is -5.00. The molecule has 0 spiro atoms. The Morgan fingerprint density at radius 2 is 2.00 bits per heavy atom. The van der Waals surface area contributed by atoms with Crippen LogP contribution in [0.15, 0.2) is 0 Å². The predicted molar refractivity (Wildman–Crippen MR) is 55.2 cm³/mol. The van der Waals surface area contributed by atoms with Crippen molar-refractivity contribution in [2.45, 2.75) is 32.1 Å². The number of amides is 1. The lowest BCUT2D eigenvalue weighted by atomic mass is 10.00. The number of carbonyl (C=O) groups excluding carboxylic acids is 1. The summed E-state index contributed by atoms with van der Waals surface area (Å²) < 4.78 is 37.5. The number of hydrogen-bond donors (Lipinski definition) is 2. The number of aromatic nitrogens is 2. The molecule has 0 saturated heterocycles. The minimum absolute atomic E-state index is 0.107. The highest BCUT2D eigenvalue weighted by molar-refractivity contribution is 5.89. The number of alkyl halides is 3. The van der Waals surface area contributed by atoms with Crippen molar-refractivity contribution in [1.82, 2.24) is 15.1 Å². The second-order valence-electron chi connectivity index (χ2n) is 4.68. The quantitative estimate of drug-likeness (QED) is 0.808. The first-order valence-electron chi connectivity index (χ1n) is 5.26. The van der Waals surface area contributed by atoms with Crippen LogP contribution in [0.2, 0.25) is 0 Å². The van der Waals surface area contributed by atoms with Gasteiger partial charge in [0.2, 0.25) is 0 Å². The van der Waals surface area contributed by atoms with Crippen molar-refractivity contribution in [2.24, 2.45) is 0 Å². The number of fused-ring (bicyclic) bond motifs is 1. The van der Waals surface area contributed by atoms with Gasteiger partial charge in [0.15, 0.2) is 5.69 Å². The van der Waals surface area contributed by atoms with E-state index in [1.165, 1.54) is 13.8 Å². The van der Waals surface area contributed by atoms with Crippen molar-refractivity contribution in [2.75, 3.05) is 0 Å². The number of aromatic carboxylic acids is 1. The van der Waals surface area contributed by atoms with E-state index in [1.54, 1.807) is 0 Å². The topological polar surface area (TPSA) is 86.3 Å². The van der Waals surface area contributed by atoms with Crippen LogP contribution in [0.25, 0.3) is 0 Å². The van der Waals surface area contributed by atoms with Crippen LogP contribution in [0.5, 0.6) is 0 Å². The molecular formula is C10H10F3N3O3. The molecule has 0 aliphatic carbocycles. The first-order chi connectivity index (χ1) is 8.56. The number of rotatable bonds is 1. The third-order valence-electron chi connectivity index (χ3n) is 3.16. The molecule has 1 aromatic heterocycles. The zero-order valence-corrected chi connectivity index (χ0v) is 10.00. The van der Waals surface area contributed by atoms with Gasteiger partial charge in [0.25, 0.3) is 0 Å². The first kappa shape index (κ1) is 13.4. The summed E-state index contributed by atoms with van der Waals surface area (Å²) >= 11 is 0. The Hall–Kier alpha value is -2.06. The molecule has 0 radical (unpaired) electrons. The first-order valence-corrected chi connectivity index (χ1v) is 5.26. The Morgan fingerprint density at radius 1 is 1.42 bits per heavy atom. The maximum atomic E-state index is 12.5. The Morgan fingerprint density at radius 3 is 2.47 bits per heavy atom. The van der Waals surface area contributed by atoms with Crippen molar-refractivity contribution >= 4 is 11.9 Å². The summed E-state index contributed by atoms with van der Waals surface area (Å²) in [6.07, 6.45) is -5.00. The Labute approximate surface area is 105 Å². The van der Waals surface area contributed by atoms with Gasteiger partial charge in [-0.1, -0.05) is 0 Å². The highest BCUT2D eigenvalue weighted by Gasteiger charge is 2.52. The molecule has 0 aromatic carbocycles. The molecule has 0 saturated carbocycles. The van der Waals surface area contributed by atoms with E-state index in [1.807, 2.05) is 0 Å². The minimum Gasteiger partial charge on any atom is -0.476 e. The molecule has 0 atom stereocenters. The second kappa shape index (κ2) is 3.72. The molecule has 2 rings (SSSR count). The lowest BCUT2D eigenvalue weighted by Crippen LogP contribution is -2.47. The Bertz CT molecular complexity index is 562. The number of nitrogens with zero attached hydrogens (tertiary/aromatic N) is 2. The standard InChI is InChI=1S/C10H10F3N3O3/c1-9(2)6-4(5(7(17)18)14-15-6)3-16(9)8(19)10(11,12)13/h3H2,1-2H3,(H,14,15)(H,17,18). The van der Waals surface area contributed by atoms with Gasteiger partial charge in [-0.2, -0.15) is 18.3 Å². The molecule has 1 aliphatic heterocycles. The molecule has 0 unspecified atom stereocenters. The molecule has 1 amide bonds. The summed E-state index contributed by atoms with van der Waals surface area (Å²) in [6, 6.07) is 0. The summed E-state index contributed by atoms with van der Waals surface area (Å²) in [6.45, 7) is 2.36. The fourth-order valence-electron chi connectivity index (χ4n) is 2.17. The van der Waals surface area contributed by atoms with Gasteiger partial charge in [-0.05, 0) is 13.8 Å². The van der Waals surface area contributed by atoms with Crippen molar-refractivity contribution in [3.8, 4) is 0 Å². The monoisotopic (exact) mass is 277 g/mol. The maximum absolute atomic E-state index is 12.5. The van der Waals surface area contributed by atoms with Crippen LogP contribution in [0.1, 0.15) is 35.6 Å². The molecule has 6 nitrogen and oxygen atoms in total. The molecule has 104 valence electrons. The number of carbonyl (C=O) groups is 2. The van der Waals surface area contributed by atoms with Gasteiger partial charge in [0, 0.05) is 5.56 Å². The average Bonchev–Trinajstić information content (AvgIpc) is 2.75. The van der Waals surface area contributed by atoms with Gasteiger partial charge in [0.1, 0.15) is 0 Å². The number of nitrogens with one attached hydrogen (secondary N) is 1. The molecule has 9 heteroatoms. The largest absolute Gasteiger partial charge is 0.476 e. The zero-order valence-electron chi connectivity index (χ0n) is 10.00. The van der Waals surface area contributed by atoms with Crippen molar-refractivity contribution in [3.05, 3.63) is 17.0 Å². The highest BCUT2D eigenvalue weighted by Crippen LogP contribution is 2.40. The van der Waals surface area contributed by atoms with E-state index in [0.29, 0.717) is 4.90 Å². The maximum Gasteiger partial charge on any atom is 0.471 e. The summed E-state index contributed by atoms with van der Waals surface area (Å²) in [7, 11) is 0. The van der Waals surface area contributed by atoms with E-state index in [0.717, 1.165) is 0 Å². The molecule has 0 fully saturated rings. The summed E-state index contributed by atoms with van der Waals surface area (Å²) in [5.41, 5.74) is -1.33. The van der Waals surface area contributed by atoms with E-state index in [-0.39, 0.29) is 17.0 Å². The number of hydrogen-bond acceptors (Lipinski definition) is 3. The van der Waals surface area contributed by atoms with Crippen LogP contribution in [0, 0.1) is 0 Å². The molecule has 0 bridgehead atoms. The summed E-state index contributed by atoms with van der Waals surface area (Å²) in [4.78, 5) is 22.8. The Kier molecular flexibility index (Phi) is 2.62. The predicted octanol–water partition coefficient (Wildman–Crippen LogP) is 1.25. The fourth-order valence-corrected chi connectivity index (χ4v) is 2.17. The molecule has 2 N–H and O–H groups in total. The number of carboxylic acids is 1. The van der Waals surface area contributed by atoms with Gasteiger partial charge in [0.05, 0.1) is 17.8 Å². The van der Waals surface area contributed by atoms with Gasteiger partial charge in [-0.15, -0.1) is 0 Å². The third-order valence-corrected chi connectivity index (χ3v) is 3.16. The normalized spacial score (nSPS) is 17.4. The van der Waals surface area contributed by atoms with Crippen molar-refractivity contribution in [3.63, 3.8) is 0 Å². The average molecular weight is 277 g/mol. The van der Waals surface area contributed by atoms with Crippen LogP contribution in [0.3, 0.4) is 0 Å². The van der Waals surface area contributed by atoms with Crippen LogP contribution in [0.4, 0.5) is 13.2 Å². The second-order valence-corrected chi connectivity index (χ2v) is 4.68. The van der Waals surface area contributed by atoms with Crippen LogP contribution in [-0.4, -0.2) is 38.3 Å². The summed E-state index contributed by atoms with van der Waals surface area (Å²) in [5, 5.41) is 14.8. The van der Waals surface area contributed by atoms with E-state index < -0.39 is 30.1 Å². The number of halogens is 3. The third kappa shape index (κ3) is 1.85. The lowest BCUT2D eigenvalue weighted by Gasteiger charge is -2.32. The van der Waals surface area contributed by atoms with Crippen molar-refractivity contribution in [1.29, 1.82) is 0 Å². The van der Waals surface area contributed by atoms with E-state index in [4.69, 9.17) is 5.11 Å². The summed E-state index contributed by atoms with van der Waals surface area (Å²) in [5.74, 6) is -3.35. The molecule has 1 aromatic rings. The lowest BCUT2D eigenvalue weighted by molar-refractivity contribution is -0.191. The van der Waals surface area contributed by atoms with Gasteiger partial charge >= 0.3 is 18.1 Å². The van der Waals surface area contributed by atoms with Gasteiger partial charge < -0.3 is 10.0 Å². The van der Waals surface area contributed by atoms with Crippen LogP contribution >= 0.6 is 0 Å². The van der Waals surface area contributed by atoms with Crippen molar-refractivity contribution < 1.29 is 27.9 Å². The van der Waals surface area contributed by atoms with Gasteiger partial charge in [-0.25, -0.2) is 4.79 Å². The molecule has 1 aliphatic rings. The zero-order chi connectivity index (χ0) is 14.6. The number of H-pyrrole nitrogens is 1. The van der Waals surface area contributed by atoms with Gasteiger partial charge in [-0.3, -0.25) is 9.89 Å². The molecule has 19 heavy (non-hydrogen) atoms. The molecular weight excluding hydrogens is 267 g/mol. The fraction of sp³-hybridized carbons (Fsp3) is 0.500. The Balaban J connectivity index is 2.45. The van der Waals surface area contributed by atoms with E-state index >= 15 is 0 Å². The van der Waals surface area contributed by atoms with E-state index in [2.05, 4.69) is 10.2 Å². The van der Waals surface area contributed by atoms with E-state index in [9.17, 15) is 22.8 Å².